The number of carbonyl (C=O) groups excluding carboxylic acids is 1. The van der Waals surface area contributed by atoms with E-state index in [9.17, 15) is 4.79 Å². The maximum Gasteiger partial charge on any atom is 0.494 e. The molecule has 1 aromatic carbocycles. The highest BCUT2D eigenvalue weighted by Crippen LogP contribution is 2.36. The highest BCUT2D eigenvalue weighted by Gasteiger charge is 2.51. The molecule has 0 unspecified atom stereocenters. The Morgan fingerprint density at radius 2 is 1.78 bits per heavy atom. The quantitative estimate of drug-likeness (QED) is 0.582. The summed E-state index contributed by atoms with van der Waals surface area (Å²) in [6, 6.07) is 5.42. The molecular formula is C20H29BO6. The van der Waals surface area contributed by atoms with Gasteiger partial charge in [0.2, 0.25) is 0 Å². The third-order valence-electron chi connectivity index (χ3n) is 5.75. The zero-order valence-corrected chi connectivity index (χ0v) is 16.9. The molecule has 0 saturated carbocycles. The van der Waals surface area contributed by atoms with E-state index in [0.29, 0.717) is 23.8 Å². The van der Waals surface area contributed by atoms with Crippen molar-refractivity contribution in [1.29, 1.82) is 0 Å². The molecule has 148 valence electrons. The van der Waals surface area contributed by atoms with Crippen molar-refractivity contribution in [3.05, 3.63) is 23.8 Å². The summed E-state index contributed by atoms with van der Waals surface area (Å²) >= 11 is 0. The zero-order chi connectivity index (χ0) is 19.7. The van der Waals surface area contributed by atoms with Gasteiger partial charge < -0.3 is 23.5 Å². The Morgan fingerprint density at radius 3 is 2.37 bits per heavy atom. The molecular weight excluding hydrogens is 347 g/mol. The zero-order valence-electron chi connectivity index (χ0n) is 16.9. The molecule has 0 bridgehead atoms. The van der Waals surface area contributed by atoms with Crippen molar-refractivity contribution in [3.63, 3.8) is 0 Å². The topological polar surface area (TPSA) is 63.2 Å². The lowest BCUT2D eigenvalue weighted by molar-refractivity contribution is 0.00578. The van der Waals surface area contributed by atoms with Crippen molar-refractivity contribution in [2.24, 2.45) is 5.92 Å². The van der Waals surface area contributed by atoms with Crippen LogP contribution in [0.1, 0.15) is 50.9 Å². The molecule has 6 nitrogen and oxygen atoms in total. The number of hydrogen-bond acceptors (Lipinski definition) is 6. The van der Waals surface area contributed by atoms with E-state index in [4.69, 9.17) is 23.5 Å². The molecule has 0 aromatic heterocycles. The van der Waals surface area contributed by atoms with Gasteiger partial charge in [-0.05, 0) is 64.1 Å². The van der Waals surface area contributed by atoms with Crippen LogP contribution in [0.3, 0.4) is 0 Å². The van der Waals surface area contributed by atoms with Crippen molar-refractivity contribution in [2.45, 2.75) is 51.7 Å². The van der Waals surface area contributed by atoms with E-state index >= 15 is 0 Å². The first-order valence-corrected chi connectivity index (χ1v) is 9.52. The highest BCUT2D eigenvalue weighted by atomic mass is 16.7. The fourth-order valence-electron chi connectivity index (χ4n) is 3.19. The van der Waals surface area contributed by atoms with Crippen LogP contribution in [0.25, 0.3) is 0 Å². The number of ether oxygens (including phenoxy) is 3. The summed E-state index contributed by atoms with van der Waals surface area (Å²) < 4.78 is 28.5. The number of carbonyl (C=O) groups is 1. The number of hydrogen-bond donors (Lipinski definition) is 0. The molecule has 27 heavy (non-hydrogen) atoms. The first-order valence-electron chi connectivity index (χ1n) is 9.52. The Morgan fingerprint density at radius 1 is 1.15 bits per heavy atom. The number of methoxy groups -OCH3 is 1. The molecule has 0 atom stereocenters. The minimum absolute atomic E-state index is 0.386. The predicted molar refractivity (Wildman–Crippen MR) is 103 cm³/mol. The third kappa shape index (κ3) is 4.31. The van der Waals surface area contributed by atoms with Crippen LogP contribution in [0.15, 0.2) is 18.2 Å². The molecule has 0 aliphatic carbocycles. The lowest BCUT2D eigenvalue weighted by Crippen LogP contribution is -2.41. The van der Waals surface area contributed by atoms with E-state index in [1.54, 1.807) is 12.1 Å². The van der Waals surface area contributed by atoms with E-state index in [-0.39, 0.29) is 0 Å². The van der Waals surface area contributed by atoms with Gasteiger partial charge in [-0.2, -0.15) is 0 Å². The fourth-order valence-corrected chi connectivity index (χ4v) is 3.19. The molecule has 0 spiro atoms. The van der Waals surface area contributed by atoms with Crippen LogP contribution in [-0.2, 0) is 18.8 Å². The second-order valence-corrected chi connectivity index (χ2v) is 8.20. The van der Waals surface area contributed by atoms with Crippen LogP contribution < -0.4 is 10.2 Å². The van der Waals surface area contributed by atoms with Crippen molar-refractivity contribution in [1.82, 2.24) is 0 Å². The van der Waals surface area contributed by atoms with Crippen LogP contribution >= 0.6 is 0 Å². The molecule has 7 heteroatoms. The molecule has 2 saturated heterocycles. The van der Waals surface area contributed by atoms with E-state index < -0.39 is 24.3 Å². The summed E-state index contributed by atoms with van der Waals surface area (Å²) in [5.41, 5.74) is 0.270. The van der Waals surface area contributed by atoms with Crippen LogP contribution in [0.2, 0.25) is 0 Å². The summed E-state index contributed by atoms with van der Waals surface area (Å²) in [5.74, 6) is 0.524. The molecule has 0 N–H and O–H groups in total. The number of benzene rings is 1. The number of esters is 1. The van der Waals surface area contributed by atoms with Gasteiger partial charge in [-0.15, -0.1) is 0 Å². The van der Waals surface area contributed by atoms with Crippen molar-refractivity contribution < 1.29 is 28.3 Å². The molecule has 0 radical (unpaired) electrons. The lowest BCUT2D eigenvalue weighted by atomic mass is 9.78. The SMILES string of the molecule is COC(=O)c1cc(B2OC(C)(C)C(C)(C)O2)ccc1OCC1CCOCC1. The molecule has 2 aliphatic rings. The van der Waals surface area contributed by atoms with E-state index in [2.05, 4.69) is 0 Å². The Kier molecular flexibility index (Phi) is 5.84. The average Bonchev–Trinajstić information content (AvgIpc) is 2.87. The molecule has 3 rings (SSSR count). The standard InChI is InChI=1S/C20H29BO6/c1-19(2)20(3,4)27-21(26-19)15-6-7-17(16(12-15)18(22)23-5)25-13-14-8-10-24-11-9-14/h6-7,12,14H,8-11,13H2,1-5H3. The predicted octanol–water partition coefficient (Wildman–Crippen LogP) is 2.58. The van der Waals surface area contributed by atoms with Crippen LogP contribution in [-0.4, -0.2) is 51.2 Å². The second kappa shape index (κ2) is 7.82. The monoisotopic (exact) mass is 376 g/mol. The minimum atomic E-state index is -0.539. The first-order chi connectivity index (χ1) is 12.7. The molecule has 1 aromatic rings. The van der Waals surface area contributed by atoms with E-state index in [1.807, 2.05) is 33.8 Å². The summed E-state index contributed by atoms with van der Waals surface area (Å²) in [7, 11) is 0.828. The van der Waals surface area contributed by atoms with Gasteiger partial charge in [0, 0.05) is 13.2 Å². The Labute approximate surface area is 161 Å². The average molecular weight is 376 g/mol. The largest absolute Gasteiger partial charge is 0.494 e. The van der Waals surface area contributed by atoms with Gasteiger partial charge in [0.1, 0.15) is 11.3 Å². The number of rotatable bonds is 5. The first kappa shape index (κ1) is 20.2. The Balaban J connectivity index is 1.79. The van der Waals surface area contributed by atoms with Crippen molar-refractivity contribution >= 4 is 18.6 Å². The maximum absolute atomic E-state index is 12.3. The second-order valence-electron chi connectivity index (χ2n) is 8.20. The van der Waals surface area contributed by atoms with Gasteiger partial charge >= 0.3 is 13.1 Å². The molecule has 2 heterocycles. The Hall–Kier alpha value is -1.57. The van der Waals surface area contributed by atoms with Crippen LogP contribution in [0, 0.1) is 5.92 Å². The summed E-state index contributed by atoms with van der Waals surface area (Å²) in [5, 5.41) is 0. The van der Waals surface area contributed by atoms with Crippen LogP contribution in [0.5, 0.6) is 5.75 Å². The van der Waals surface area contributed by atoms with Crippen molar-refractivity contribution in [3.8, 4) is 5.75 Å². The Bertz CT molecular complexity index is 665. The summed E-state index contributed by atoms with van der Waals surface area (Å²) in [6.45, 7) is 10.1. The van der Waals surface area contributed by atoms with E-state index in [0.717, 1.165) is 31.5 Å². The molecule has 2 aliphatic heterocycles. The minimum Gasteiger partial charge on any atom is -0.492 e. The van der Waals surface area contributed by atoms with Gasteiger partial charge in [0.05, 0.1) is 24.9 Å². The summed E-state index contributed by atoms with van der Waals surface area (Å²) in [6.07, 6.45) is 1.94. The smallest absolute Gasteiger partial charge is 0.492 e. The van der Waals surface area contributed by atoms with E-state index in [1.165, 1.54) is 7.11 Å². The van der Waals surface area contributed by atoms with Gasteiger partial charge in [-0.3, -0.25) is 0 Å². The fraction of sp³-hybridized carbons (Fsp3) is 0.650. The molecule has 0 amide bonds. The highest BCUT2D eigenvalue weighted by molar-refractivity contribution is 6.62. The van der Waals surface area contributed by atoms with Gasteiger partial charge in [0.25, 0.3) is 0 Å². The molecule has 2 fully saturated rings. The van der Waals surface area contributed by atoms with Crippen LogP contribution in [0.4, 0.5) is 0 Å². The summed E-state index contributed by atoms with van der Waals surface area (Å²) in [4.78, 5) is 12.3. The lowest BCUT2D eigenvalue weighted by Gasteiger charge is -2.32. The van der Waals surface area contributed by atoms with Gasteiger partial charge in [-0.25, -0.2) is 4.79 Å². The van der Waals surface area contributed by atoms with Gasteiger partial charge in [-0.1, -0.05) is 6.07 Å². The maximum atomic E-state index is 12.3. The van der Waals surface area contributed by atoms with Crippen molar-refractivity contribution in [2.75, 3.05) is 26.9 Å². The normalized spacial score (nSPS) is 21.9. The van der Waals surface area contributed by atoms with Gasteiger partial charge in [0.15, 0.2) is 0 Å². The third-order valence-corrected chi connectivity index (χ3v) is 5.75.